The second-order valence-electron chi connectivity index (χ2n) is 4.31. The van der Waals surface area contributed by atoms with Crippen LogP contribution in [0.2, 0.25) is 0 Å². The molecular formula is C12H17N3O. The lowest BCUT2D eigenvalue weighted by molar-refractivity contribution is 0.407. The summed E-state index contributed by atoms with van der Waals surface area (Å²) in [7, 11) is 2.09. The van der Waals surface area contributed by atoms with Gasteiger partial charge >= 0.3 is 0 Å². The first-order chi connectivity index (χ1) is 7.65. The maximum atomic E-state index is 9.16. The molecule has 1 aliphatic rings. The molecule has 0 amide bonds. The smallest absolute Gasteiger partial charge is 0.125 e. The molecule has 3 N–H and O–H groups in total. The van der Waals surface area contributed by atoms with Gasteiger partial charge in [-0.15, -0.1) is 0 Å². The van der Waals surface area contributed by atoms with Gasteiger partial charge in [0.05, 0.1) is 0 Å². The average molecular weight is 219 g/mol. The summed E-state index contributed by atoms with van der Waals surface area (Å²) in [6.45, 7) is 2.07. The number of likely N-dealkylation sites (N-methyl/N-ethyl adjacent to an activating group) is 1. The second kappa shape index (κ2) is 4.53. The minimum absolute atomic E-state index is 0.233. The Morgan fingerprint density at radius 1 is 1.44 bits per heavy atom. The summed E-state index contributed by atoms with van der Waals surface area (Å²) < 4.78 is 0. The van der Waals surface area contributed by atoms with Gasteiger partial charge in [0.25, 0.3) is 0 Å². The number of aromatic hydroxyl groups is 1. The van der Waals surface area contributed by atoms with Crippen molar-refractivity contribution >= 4 is 5.84 Å². The standard InChI is InChI=1S/C12H17N3O/c1-15-7-6-10(8-15)14-12(13)9-2-4-11(16)5-3-9/h2-5,10,16H,6-8H2,1H3,(H2,13,14)/t10-/m1/s1. The highest BCUT2D eigenvalue weighted by Gasteiger charge is 2.20. The molecule has 0 spiro atoms. The monoisotopic (exact) mass is 219 g/mol. The summed E-state index contributed by atoms with van der Waals surface area (Å²) in [5, 5.41) is 20.3. The van der Waals surface area contributed by atoms with Crippen LogP contribution in [0.4, 0.5) is 0 Å². The maximum Gasteiger partial charge on any atom is 0.125 e. The summed E-state index contributed by atoms with van der Waals surface area (Å²) in [6.07, 6.45) is 1.08. The third-order valence-corrected chi connectivity index (χ3v) is 2.90. The first kappa shape index (κ1) is 11.0. The summed E-state index contributed by atoms with van der Waals surface area (Å²) >= 11 is 0. The fraction of sp³-hybridized carbons (Fsp3) is 0.417. The quantitative estimate of drug-likeness (QED) is 0.514. The molecule has 0 saturated carbocycles. The first-order valence-corrected chi connectivity index (χ1v) is 5.48. The number of nitrogens with zero attached hydrogens (tertiary/aromatic N) is 1. The molecular weight excluding hydrogens is 202 g/mol. The molecule has 1 saturated heterocycles. The topological polar surface area (TPSA) is 59.4 Å². The zero-order valence-electron chi connectivity index (χ0n) is 9.40. The Labute approximate surface area is 95.4 Å². The minimum atomic E-state index is 0.233. The van der Waals surface area contributed by atoms with Gasteiger partial charge in [-0.3, -0.25) is 5.41 Å². The minimum Gasteiger partial charge on any atom is -0.508 e. The van der Waals surface area contributed by atoms with Gasteiger partial charge in [0.2, 0.25) is 0 Å². The van der Waals surface area contributed by atoms with E-state index >= 15 is 0 Å². The Bertz CT molecular complexity index is 374. The number of nitrogens with one attached hydrogen (secondary N) is 2. The third-order valence-electron chi connectivity index (χ3n) is 2.90. The molecule has 1 heterocycles. The fourth-order valence-electron chi connectivity index (χ4n) is 1.97. The molecule has 4 heteroatoms. The van der Waals surface area contributed by atoms with Gasteiger partial charge < -0.3 is 15.3 Å². The number of phenols is 1. The zero-order valence-corrected chi connectivity index (χ0v) is 9.40. The van der Waals surface area contributed by atoms with Crippen molar-refractivity contribution < 1.29 is 5.11 Å². The number of hydrogen-bond acceptors (Lipinski definition) is 3. The number of benzene rings is 1. The third kappa shape index (κ3) is 2.52. The molecule has 0 aromatic heterocycles. The Morgan fingerprint density at radius 2 is 2.12 bits per heavy atom. The van der Waals surface area contributed by atoms with Gasteiger partial charge in [0.1, 0.15) is 11.6 Å². The van der Waals surface area contributed by atoms with E-state index < -0.39 is 0 Å². The van der Waals surface area contributed by atoms with Crippen LogP contribution in [0.15, 0.2) is 24.3 Å². The Morgan fingerprint density at radius 3 is 2.69 bits per heavy atom. The Kier molecular flexibility index (Phi) is 3.10. The van der Waals surface area contributed by atoms with E-state index in [1.807, 2.05) is 0 Å². The van der Waals surface area contributed by atoms with Crippen LogP contribution in [0.3, 0.4) is 0 Å². The van der Waals surface area contributed by atoms with E-state index in [0.717, 1.165) is 25.1 Å². The van der Waals surface area contributed by atoms with E-state index in [2.05, 4.69) is 17.3 Å². The molecule has 0 unspecified atom stereocenters. The van der Waals surface area contributed by atoms with E-state index in [9.17, 15) is 0 Å². The molecule has 4 nitrogen and oxygen atoms in total. The molecule has 1 atom stereocenters. The van der Waals surface area contributed by atoms with Crippen LogP contribution in [-0.4, -0.2) is 42.0 Å². The van der Waals surface area contributed by atoms with Crippen molar-refractivity contribution in [3.05, 3.63) is 29.8 Å². The first-order valence-electron chi connectivity index (χ1n) is 5.48. The molecule has 2 rings (SSSR count). The lowest BCUT2D eigenvalue weighted by Crippen LogP contribution is -2.36. The SMILES string of the molecule is CN1CC[C@@H](NC(=N)c2ccc(O)cc2)C1. The lowest BCUT2D eigenvalue weighted by atomic mass is 10.1. The Balaban J connectivity index is 1.95. The van der Waals surface area contributed by atoms with Crippen molar-refractivity contribution in [2.75, 3.05) is 20.1 Å². The van der Waals surface area contributed by atoms with Crippen molar-refractivity contribution in [1.29, 1.82) is 5.41 Å². The van der Waals surface area contributed by atoms with Crippen molar-refractivity contribution in [3.8, 4) is 5.75 Å². The van der Waals surface area contributed by atoms with Crippen LogP contribution < -0.4 is 5.32 Å². The predicted molar refractivity (Wildman–Crippen MR) is 64.0 cm³/mol. The van der Waals surface area contributed by atoms with Gasteiger partial charge in [0, 0.05) is 18.2 Å². The lowest BCUT2D eigenvalue weighted by Gasteiger charge is -2.15. The number of likely N-dealkylation sites (tertiary alicyclic amines) is 1. The molecule has 0 aliphatic carbocycles. The van der Waals surface area contributed by atoms with Gasteiger partial charge in [-0.05, 0) is 44.3 Å². The van der Waals surface area contributed by atoms with Crippen molar-refractivity contribution in [3.63, 3.8) is 0 Å². The van der Waals surface area contributed by atoms with E-state index in [0.29, 0.717) is 11.9 Å². The molecule has 1 aromatic carbocycles. The summed E-state index contributed by atoms with van der Waals surface area (Å²) in [4.78, 5) is 2.25. The largest absolute Gasteiger partial charge is 0.508 e. The van der Waals surface area contributed by atoms with Crippen LogP contribution in [0, 0.1) is 5.41 Å². The van der Waals surface area contributed by atoms with Gasteiger partial charge in [-0.2, -0.15) is 0 Å². The molecule has 1 aliphatic heterocycles. The highest BCUT2D eigenvalue weighted by Crippen LogP contribution is 2.11. The van der Waals surface area contributed by atoms with Crippen LogP contribution >= 0.6 is 0 Å². The van der Waals surface area contributed by atoms with E-state index in [1.165, 1.54) is 0 Å². The number of rotatable bonds is 2. The molecule has 0 bridgehead atoms. The van der Waals surface area contributed by atoms with E-state index in [1.54, 1.807) is 24.3 Å². The predicted octanol–water partition coefficient (Wildman–Crippen LogP) is 1.01. The highest BCUT2D eigenvalue weighted by atomic mass is 16.3. The highest BCUT2D eigenvalue weighted by molar-refractivity contribution is 5.96. The molecule has 1 fully saturated rings. The molecule has 0 radical (unpaired) electrons. The average Bonchev–Trinajstić information content (AvgIpc) is 2.65. The molecule has 16 heavy (non-hydrogen) atoms. The van der Waals surface area contributed by atoms with E-state index in [-0.39, 0.29) is 5.75 Å². The van der Waals surface area contributed by atoms with Gasteiger partial charge in [-0.1, -0.05) is 0 Å². The van der Waals surface area contributed by atoms with Gasteiger partial charge in [-0.25, -0.2) is 0 Å². The van der Waals surface area contributed by atoms with Crippen LogP contribution in [0.1, 0.15) is 12.0 Å². The van der Waals surface area contributed by atoms with Crippen molar-refractivity contribution in [2.45, 2.75) is 12.5 Å². The summed E-state index contributed by atoms with van der Waals surface area (Å²) in [5.74, 6) is 0.664. The number of amidine groups is 1. The van der Waals surface area contributed by atoms with Crippen LogP contribution in [0.25, 0.3) is 0 Å². The van der Waals surface area contributed by atoms with Crippen LogP contribution in [0.5, 0.6) is 5.75 Å². The fourth-order valence-corrected chi connectivity index (χ4v) is 1.97. The summed E-state index contributed by atoms with van der Waals surface area (Å²) in [5.41, 5.74) is 0.812. The van der Waals surface area contributed by atoms with Crippen molar-refractivity contribution in [1.82, 2.24) is 10.2 Å². The molecule has 1 aromatic rings. The second-order valence-corrected chi connectivity index (χ2v) is 4.31. The zero-order chi connectivity index (χ0) is 11.5. The van der Waals surface area contributed by atoms with E-state index in [4.69, 9.17) is 10.5 Å². The summed E-state index contributed by atoms with van der Waals surface area (Å²) in [6, 6.07) is 7.08. The Hall–Kier alpha value is -1.55. The number of phenolic OH excluding ortho intramolecular Hbond substituents is 1. The normalized spacial score (nSPS) is 20.9. The van der Waals surface area contributed by atoms with Gasteiger partial charge in [0.15, 0.2) is 0 Å². The van der Waals surface area contributed by atoms with Crippen LogP contribution in [-0.2, 0) is 0 Å². The van der Waals surface area contributed by atoms with Crippen molar-refractivity contribution in [2.24, 2.45) is 0 Å². The maximum absolute atomic E-state index is 9.16. The number of hydrogen-bond donors (Lipinski definition) is 3. The molecule has 86 valence electrons.